The topological polar surface area (TPSA) is 44.4 Å². The Bertz CT molecular complexity index is 758. The number of carbonyl (C=O) groups excluding carboxylic acids is 1. The van der Waals surface area contributed by atoms with Crippen LogP contribution < -0.4 is 10.6 Å². The van der Waals surface area contributed by atoms with Crippen LogP contribution >= 0.6 is 47.4 Å². The summed E-state index contributed by atoms with van der Waals surface area (Å²) in [6, 6.07) is 7.63. The third-order valence-corrected chi connectivity index (χ3v) is 5.42. The normalized spacial score (nSPS) is 14.3. The van der Waals surface area contributed by atoms with Crippen molar-refractivity contribution in [2.45, 2.75) is 0 Å². The van der Waals surface area contributed by atoms with Crippen LogP contribution in [0, 0.1) is 0 Å². The summed E-state index contributed by atoms with van der Waals surface area (Å²) in [7, 11) is 0. The molecule has 2 heterocycles. The van der Waals surface area contributed by atoms with Gasteiger partial charge in [-0.1, -0.05) is 29.8 Å². The number of amides is 1. The van der Waals surface area contributed by atoms with Crippen molar-refractivity contribution in [2.24, 2.45) is 0 Å². The third-order valence-electron chi connectivity index (χ3n) is 3.06. The average molecular weight is 356 g/mol. The molecule has 8 heteroatoms. The molecular formula is C13H10ClN3OS3. The van der Waals surface area contributed by atoms with Gasteiger partial charge in [0, 0.05) is 23.2 Å². The van der Waals surface area contributed by atoms with Gasteiger partial charge in [0.05, 0.1) is 5.02 Å². The van der Waals surface area contributed by atoms with Gasteiger partial charge in [-0.3, -0.25) is 15.0 Å². The standard InChI is InChI=1S/C13H10ClN3OS3/c14-9-7-3-1-2-4-8(7)21-10(9)11(18)16-13(20)17-6-5-15-12(17)19/h1-4H,5-6H2,(H,15,19)(H,16,18,20). The number of rotatable bonds is 1. The van der Waals surface area contributed by atoms with Gasteiger partial charge >= 0.3 is 0 Å². The number of nitrogens with one attached hydrogen (secondary N) is 2. The number of hydrogen-bond acceptors (Lipinski definition) is 4. The molecule has 1 aromatic heterocycles. The minimum atomic E-state index is -0.305. The van der Waals surface area contributed by atoms with Crippen LogP contribution in [0.2, 0.25) is 5.02 Å². The molecule has 2 aromatic rings. The average Bonchev–Trinajstić information content (AvgIpc) is 3.03. The van der Waals surface area contributed by atoms with Crippen LogP contribution in [0.1, 0.15) is 9.67 Å². The molecule has 1 aromatic carbocycles. The van der Waals surface area contributed by atoms with Crippen LogP contribution in [0.15, 0.2) is 24.3 Å². The van der Waals surface area contributed by atoms with E-state index in [1.54, 1.807) is 4.90 Å². The highest BCUT2D eigenvalue weighted by atomic mass is 35.5. The Labute approximate surface area is 141 Å². The van der Waals surface area contributed by atoms with Crippen molar-refractivity contribution >= 4 is 73.6 Å². The minimum Gasteiger partial charge on any atom is -0.360 e. The zero-order valence-electron chi connectivity index (χ0n) is 10.7. The van der Waals surface area contributed by atoms with Gasteiger partial charge in [-0.25, -0.2) is 0 Å². The summed E-state index contributed by atoms with van der Waals surface area (Å²) < 4.78 is 0.969. The largest absolute Gasteiger partial charge is 0.360 e. The zero-order chi connectivity index (χ0) is 15.0. The van der Waals surface area contributed by atoms with Gasteiger partial charge < -0.3 is 5.32 Å². The van der Waals surface area contributed by atoms with E-state index in [0.717, 1.165) is 16.6 Å². The van der Waals surface area contributed by atoms with E-state index in [4.69, 9.17) is 36.0 Å². The predicted octanol–water partition coefficient (Wildman–Crippen LogP) is 2.76. The van der Waals surface area contributed by atoms with Crippen LogP contribution in [0.5, 0.6) is 0 Å². The number of carbonyl (C=O) groups is 1. The number of hydrogen-bond donors (Lipinski definition) is 2. The second kappa shape index (κ2) is 5.84. The molecule has 0 aliphatic carbocycles. The highest BCUT2D eigenvalue weighted by Crippen LogP contribution is 2.34. The van der Waals surface area contributed by atoms with Gasteiger partial charge in [-0.2, -0.15) is 0 Å². The molecule has 1 aliphatic rings. The summed E-state index contributed by atoms with van der Waals surface area (Å²) in [5, 5.41) is 7.83. The summed E-state index contributed by atoms with van der Waals surface area (Å²) in [5.41, 5.74) is 0. The molecular weight excluding hydrogens is 346 g/mol. The molecule has 0 spiro atoms. The van der Waals surface area contributed by atoms with E-state index in [2.05, 4.69) is 10.6 Å². The lowest BCUT2D eigenvalue weighted by atomic mass is 10.2. The maximum absolute atomic E-state index is 12.3. The monoisotopic (exact) mass is 355 g/mol. The number of benzene rings is 1. The lowest BCUT2D eigenvalue weighted by Gasteiger charge is -2.17. The Morgan fingerprint density at radius 1 is 1.43 bits per heavy atom. The lowest BCUT2D eigenvalue weighted by Crippen LogP contribution is -2.43. The van der Waals surface area contributed by atoms with Crippen molar-refractivity contribution in [3.8, 4) is 0 Å². The molecule has 1 saturated heterocycles. The van der Waals surface area contributed by atoms with Crippen LogP contribution in [0.4, 0.5) is 0 Å². The fourth-order valence-electron chi connectivity index (χ4n) is 2.05. The molecule has 1 aliphatic heterocycles. The van der Waals surface area contributed by atoms with E-state index in [0.29, 0.717) is 26.7 Å². The van der Waals surface area contributed by atoms with Gasteiger partial charge in [0.25, 0.3) is 5.91 Å². The second-order valence-corrected chi connectivity index (χ2v) is 6.59. The lowest BCUT2D eigenvalue weighted by molar-refractivity contribution is 0.0979. The van der Waals surface area contributed by atoms with E-state index < -0.39 is 0 Å². The van der Waals surface area contributed by atoms with E-state index >= 15 is 0 Å². The van der Waals surface area contributed by atoms with Crippen LogP contribution in [-0.2, 0) is 0 Å². The number of fused-ring (bicyclic) bond motifs is 1. The van der Waals surface area contributed by atoms with Crippen molar-refractivity contribution in [2.75, 3.05) is 13.1 Å². The first kappa shape index (κ1) is 14.6. The van der Waals surface area contributed by atoms with Crippen molar-refractivity contribution in [1.82, 2.24) is 15.5 Å². The van der Waals surface area contributed by atoms with Crippen LogP contribution in [0.3, 0.4) is 0 Å². The van der Waals surface area contributed by atoms with E-state index in [-0.39, 0.29) is 5.91 Å². The Morgan fingerprint density at radius 2 is 2.19 bits per heavy atom. The predicted molar refractivity (Wildman–Crippen MR) is 94.2 cm³/mol. The first-order chi connectivity index (χ1) is 10.1. The van der Waals surface area contributed by atoms with Gasteiger partial charge in [0.15, 0.2) is 10.2 Å². The summed E-state index contributed by atoms with van der Waals surface area (Å²) in [4.78, 5) is 14.5. The first-order valence-electron chi connectivity index (χ1n) is 6.15. The molecule has 0 saturated carbocycles. The van der Waals surface area contributed by atoms with E-state index in [1.807, 2.05) is 24.3 Å². The Balaban J connectivity index is 1.82. The second-order valence-electron chi connectivity index (χ2n) is 4.38. The van der Waals surface area contributed by atoms with Crippen molar-refractivity contribution in [3.63, 3.8) is 0 Å². The molecule has 0 radical (unpaired) electrons. The Kier molecular flexibility index (Phi) is 4.08. The van der Waals surface area contributed by atoms with Gasteiger partial charge in [0.1, 0.15) is 4.88 Å². The Morgan fingerprint density at radius 3 is 2.86 bits per heavy atom. The number of halogens is 1. The molecule has 1 fully saturated rings. The summed E-state index contributed by atoms with van der Waals surface area (Å²) in [5.74, 6) is -0.305. The Hall–Kier alpha value is -1.28. The highest BCUT2D eigenvalue weighted by Gasteiger charge is 2.23. The van der Waals surface area contributed by atoms with Crippen molar-refractivity contribution in [1.29, 1.82) is 0 Å². The van der Waals surface area contributed by atoms with Gasteiger partial charge in [0.2, 0.25) is 0 Å². The maximum atomic E-state index is 12.3. The fourth-order valence-corrected chi connectivity index (χ4v) is 4.08. The molecule has 21 heavy (non-hydrogen) atoms. The molecule has 108 valence electrons. The van der Waals surface area contributed by atoms with Crippen LogP contribution in [0.25, 0.3) is 10.1 Å². The SMILES string of the molecule is O=C(NC(=S)N1CCNC1=S)c1sc2ccccc2c1Cl. The van der Waals surface area contributed by atoms with Gasteiger partial charge in [-0.15, -0.1) is 11.3 Å². The molecule has 3 rings (SSSR count). The fraction of sp³-hybridized carbons (Fsp3) is 0.154. The first-order valence-corrected chi connectivity index (χ1v) is 8.16. The number of thiophene rings is 1. The zero-order valence-corrected chi connectivity index (χ0v) is 13.9. The van der Waals surface area contributed by atoms with E-state index in [1.165, 1.54) is 11.3 Å². The summed E-state index contributed by atoms with van der Waals surface area (Å²) in [6.07, 6.45) is 0. The van der Waals surface area contributed by atoms with Crippen molar-refractivity contribution in [3.05, 3.63) is 34.2 Å². The van der Waals surface area contributed by atoms with E-state index in [9.17, 15) is 4.79 Å². The molecule has 0 bridgehead atoms. The number of thiocarbonyl (C=S) groups is 2. The molecule has 4 nitrogen and oxygen atoms in total. The summed E-state index contributed by atoms with van der Waals surface area (Å²) in [6.45, 7) is 1.37. The number of nitrogens with zero attached hydrogens (tertiary/aromatic N) is 1. The highest BCUT2D eigenvalue weighted by molar-refractivity contribution is 7.81. The molecule has 2 N–H and O–H groups in total. The van der Waals surface area contributed by atoms with Gasteiger partial charge in [-0.05, 0) is 30.5 Å². The van der Waals surface area contributed by atoms with Crippen molar-refractivity contribution < 1.29 is 4.79 Å². The quantitative estimate of drug-likeness (QED) is 0.770. The maximum Gasteiger partial charge on any atom is 0.269 e. The third kappa shape index (κ3) is 2.74. The molecule has 1 amide bonds. The van der Waals surface area contributed by atoms with Crippen LogP contribution in [-0.4, -0.2) is 34.1 Å². The smallest absolute Gasteiger partial charge is 0.269 e. The summed E-state index contributed by atoms with van der Waals surface area (Å²) >= 11 is 18.0. The molecule has 0 atom stereocenters. The molecule has 0 unspecified atom stereocenters. The minimum absolute atomic E-state index is 0.295.